The zero-order valence-electron chi connectivity index (χ0n) is 8.77. The molecule has 17 heavy (non-hydrogen) atoms. The fraction of sp³-hybridized carbons (Fsp3) is 0. The average molecular weight is 243 g/mol. The lowest BCUT2D eigenvalue weighted by Crippen LogP contribution is -2.06. The minimum Gasteiger partial charge on any atom is -0.493 e. The van der Waals surface area contributed by atoms with Gasteiger partial charge in [-0.2, -0.15) is 0 Å². The molecule has 0 saturated carbocycles. The summed E-state index contributed by atoms with van der Waals surface area (Å²) in [7, 11) is 0. The maximum Gasteiger partial charge on any atom is 0.215 e. The van der Waals surface area contributed by atoms with Gasteiger partial charge in [-0.15, -0.1) is 0 Å². The van der Waals surface area contributed by atoms with Crippen LogP contribution in [-0.4, -0.2) is 21.3 Å². The predicted octanol–water partition coefficient (Wildman–Crippen LogP) is 1.10. The Labute approximate surface area is 102 Å². The second kappa shape index (κ2) is 3.71. The van der Waals surface area contributed by atoms with E-state index >= 15 is 0 Å². The maximum absolute atomic E-state index is 9.57. The highest BCUT2D eigenvalue weighted by Crippen LogP contribution is 2.11. The Bertz CT molecular complexity index is 783. The minimum absolute atomic E-state index is 0.0468. The summed E-state index contributed by atoms with van der Waals surface area (Å²) >= 11 is 4.90. The molecule has 2 aromatic rings. The van der Waals surface area contributed by atoms with E-state index in [4.69, 9.17) is 12.2 Å². The first-order valence-corrected chi connectivity index (χ1v) is 5.51. The number of H-pyrrole nitrogens is 2. The third-order valence-electron chi connectivity index (χ3n) is 2.57. The Balaban J connectivity index is 2.17. The molecule has 2 heterocycles. The van der Waals surface area contributed by atoms with E-state index in [1.165, 1.54) is 0 Å². The highest BCUT2D eigenvalue weighted by molar-refractivity contribution is 7.71. The quantitative estimate of drug-likeness (QED) is 0.657. The van der Waals surface area contributed by atoms with Gasteiger partial charge in [0.25, 0.3) is 0 Å². The Morgan fingerprint density at radius 3 is 2.94 bits per heavy atom. The maximum atomic E-state index is 9.57. The van der Waals surface area contributed by atoms with Crippen LogP contribution in [0.3, 0.4) is 0 Å². The predicted molar refractivity (Wildman–Crippen MR) is 69.5 cm³/mol. The van der Waals surface area contributed by atoms with Gasteiger partial charge in [0.05, 0.1) is 5.69 Å². The third kappa shape index (κ3) is 1.81. The molecule has 0 aliphatic carbocycles. The molecule has 0 bridgehead atoms. The average Bonchev–Trinajstić information content (AvgIpc) is 2.85. The summed E-state index contributed by atoms with van der Waals surface area (Å²) in [5.74, 6) is 0.0468. The monoisotopic (exact) mass is 243 g/mol. The fourth-order valence-corrected chi connectivity index (χ4v) is 1.97. The summed E-state index contributed by atoms with van der Waals surface area (Å²) in [5, 5.41) is 11.6. The number of fused-ring (bicyclic) bond motifs is 1. The number of rotatable bonds is 1. The van der Waals surface area contributed by atoms with E-state index in [1.54, 1.807) is 6.21 Å². The van der Waals surface area contributed by atoms with Crippen LogP contribution >= 0.6 is 12.2 Å². The van der Waals surface area contributed by atoms with Crippen molar-refractivity contribution in [1.29, 1.82) is 0 Å². The van der Waals surface area contributed by atoms with Gasteiger partial charge in [0.15, 0.2) is 4.77 Å². The summed E-state index contributed by atoms with van der Waals surface area (Å²) < 4.78 is 0.404. The molecule has 0 fully saturated rings. The molecular weight excluding hydrogens is 234 g/mol. The molecule has 0 saturated heterocycles. The van der Waals surface area contributed by atoms with Gasteiger partial charge in [0.1, 0.15) is 5.69 Å². The largest absolute Gasteiger partial charge is 0.493 e. The topological polar surface area (TPSA) is 64.2 Å². The molecular formula is C12H9N3OS. The molecule has 0 radical (unpaired) electrons. The number of nitrogens with one attached hydrogen (secondary N) is 2. The number of aliphatic imine (C=N–C) groups is 1. The first-order chi connectivity index (χ1) is 8.22. The number of hydrogen-bond acceptors (Lipinski definition) is 3. The molecule has 0 amide bonds. The number of nitrogens with zero attached hydrogens (tertiary/aromatic N) is 1. The van der Waals surface area contributed by atoms with Gasteiger partial charge in [-0.25, -0.2) is 0 Å². The van der Waals surface area contributed by atoms with Crippen molar-refractivity contribution in [1.82, 2.24) is 9.97 Å². The molecule has 1 aromatic carbocycles. The van der Waals surface area contributed by atoms with E-state index in [9.17, 15) is 5.11 Å². The number of benzene rings is 1. The zero-order valence-corrected chi connectivity index (χ0v) is 9.58. The second-order valence-corrected chi connectivity index (χ2v) is 4.16. The summed E-state index contributed by atoms with van der Waals surface area (Å²) in [6.45, 7) is 0. The Kier molecular flexibility index (Phi) is 2.19. The number of imidazole rings is 1. The van der Waals surface area contributed by atoms with Crippen LogP contribution in [0.1, 0.15) is 5.69 Å². The van der Waals surface area contributed by atoms with Crippen molar-refractivity contribution < 1.29 is 5.11 Å². The molecule has 1 aliphatic heterocycles. The summed E-state index contributed by atoms with van der Waals surface area (Å²) in [6, 6.07) is 5.92. The van der Waals surface area contributed by atoms with Crippen molar-refractivity contribution in [2.24, 2.45) is 4.99 Å². The van der Waals surface area contributed by atoms with E-state index < -0.39 is 0 Å². The zero-order chi connectivity index (χ0) is 11.8. The summed E-state index contributed by atoms with van der Waals surface area (Å²) in [5.41, 5.74) is 1.51. The molecule has 1 aromatic heterocycles. The lowest BCUT2D eigenvalue weighted by atomic mass is 10.2. The SMILES string of the molecule is Oc1[nH]c(=S)[nH]c1C=c1ccc2c(c1)N=CC=2. The Hall–Kier alpha value is -2.14. The molecule has 0 spiro atoms. The number of hydrogen-bond donors (Lipinski definition) is 3. The van der Waals surface area contributed by atoms with E-state index in [2.05, 4.69) is 15.0 Å². The summed E-state index contributed by atoms with van der Waals surface area (Å²) in [6.07, 6.45) is 5.55. The third-order valence-corrected chi connectivity index (χ3v) is 2.77. The molecule has 3 rings (SSSR count). The molecule has 0 unspecified atom stereocenters. The van der Waals surface area contributed by atoms with Crippen molar-refractivity contribution in [2.45, 2.75) is 0 Å². The van der Waals surface area contributed by atoms with Crippen LogP contribution in [0.25, 0.3) is 12.2 Å². The summed E-state index contributed by atoms with van der Waals surface area (Å²) in [4.78, 5) is 9.72. The van der Waals surface area contributed by atoms with Crippen LogP contribution in [-0.2, 0) is 0 Å². The first kappa shape index (κ1) is 10.0. The van der Waals surface area contributed by atoms with Crippen LogP contribution in [0.4, 0.5) is 5.69 Å². The van der Waals surface area contributed by atoms with Gasteiger partial charge in [-0.1, -0.05) is 12.1 Å². The van der Waals surface area contributed by atoms with Gasteiger partial charge < -0.3 is 15.1 Å². The number of aromatic nitrogens is 2. The Morgan fingerprint density at radius 2 is 2.18 bits per heavy atom. The lowest BCUT2D eigenvalue weighted by molar-refractivity contribution is 0.455. The van der Waals surface area contributed by atoms with E-state index in [0.29, 0.717) is 10.5 Å². The van der Waals surface area contributed by atoms with Gasteiger partial charge in [-0.3, -0.25) is 4.99 Å². The highest BCUT2D eigenvalue weighted by atomic mass is 32.1. The van der Waals surface area contributed by atoms with Gasteiger partial charge in [0, 0.05) is 11.4 Å². The molecule has 4 nitrogen and oxygen atoms in total. The lowest BCUT2D eigenvalue weighted by Gasteiger charge is -1.92. The molecule has 3 N–H and O–H groups in total. The fourth-order valence-electron chi connectivity index (χ4n) is 1.76. The van der Waals surface area contributed by atoms with Crippen LogP contribution < -0.4 is 10.4 Å². The minimum atomic E-state index is 0.0468. The van der Waals surface area contributed by atoms with Gasteiger partial charge in [-0.05, 0) is 35.7 Å². The van der Waals surface area contributed by atoms with Crippen molar-refractivity contribution >= 4 is 36.3 Å². The van der Waals surface area contributed by atoms with Gasteiger partial charge in [0.2, 0.25) is 5.88 Å². The number of aromatic amines is 2. The van der Waals surface area contributed by atoms with Crippen molar-refractivity contribution in [3.63, 3.8) is 0 Å². The normalized spacial score (nSPS) is 13.8. The smallest absolute Gasteiger partial charge is 0.215 e. The highest BCUT2D eigenvalue weighted by Gasteiger charge is 2.00. The van der Waals surface area contributed by atoms with Crippen LogP contribution in [0, 0.1) is 4.77 Å². The standard InChI is InChI=1S/C12H9N3OS/c16-11-10(14-12(17)15-11)6-7-1-2-8-3-4-13-9(8)5-7/h1-6,16H,(H2,14,15,17). The van der Waals surface area contributed by atoms with Crippen LogP contribution in [0.5, 0.6) is 5.88 Å². The second-order valence-electron chi connectivity index (χ2n) is 3.75. The van der Waals surface area contributed by atoms with E-state index in [-0.39, 0.29) is 5.88 Å². The Morgan fingerprint density at radius 1 is 1.29 bits per heavy atom. The van der Waals surface area contributed by atoms with E-state index in [0.717, 1.165) is 16.1 Å². The van der Waals surface area contributed by atoms with Crippen LogP contribution in [0.15, 0.2) is 23.2 Å². The van der Waals surface area contributed by atoms with Crippen LogP contribution in [0.2, 0.25) is 0 Å². The van der Waals surface area contributed by atoms with E-state index in [1.807, 2.05) is 30.4 Å². The van der Waals surface area contributed by atoms with Crippen molar-refractivity contribution in [2.75, 3.05) is 0 Å². The molecule has 5 heteroatoms. The molecule has 84 valence electrons. The molecule has 0 atom stereocenters. The molecule has 1 aliphatic rings. The number of aromatic hydroxyl groups is 1. The van der Waals surface area contributed by atoms with Crippen molar-refractivity contribution in [3.05, 3.63) is 39.1 Å². The van der Waals surface area contributed by atoms with Gasteiger partial charge >= 0.3 is 0 Å². The first-order valence-electron chi connectivity index (χ1n) is 5.10. The van der Waals surface area contributed by atoms with Crippen molar-refractivity contribution in [3.8, 4) is 5.88 Å².